The largest absolute Gasteiger partial charge is 0.417 e. The second kappa shape index (κ2) is 7.52. The third kappa shape index (κ3) is 3.98. The molecule has 1 aromatic heterocycles. The van der Waals surface area contributed by atoms with Crippen molar-refractivity contribution in [1.82, 2.24) is 15.2 Å². The number of oxazole rings is 1. The van der Waals surface area contributed by atoms with E-state index < -0.39 is 5.76 Å². The number of benzene rings is 2. The lowest BCUT2D eigenvalue weighted by atomic mass is 9.95. The van der Waals surface area contributed by atoms with Crippen molar-refractivity contribution in [3.05, 3.63) is 70.2 Å². The van der Waals surface area contributed by atoms with Crippen molar-refractivity contribution < 1.29 is 9.21 Å². The third-order valence-electron chi connectivity index (χ3n) is 6.19. The number of aromatic amines is 1. The molecule has 3 atom stereocenters. The summed E-state index contributed by atoms with van der Waals surface area (Å²) >= 11 is 0. The van der Waals surface area contributed by atoms with E-state index in [2.05, 4.69) is 34.3 Å². The molecule has 1 aliphatic carbocycles. The minimum absolute atomic E-state index is 0.0261. The van der Waals surface area contributed by atoms with E-state index in [-0.39, 0.29) is 23.3 Å². The first-order valence-electron chi connectivity index (χ1n) is 9.98. The van der Waals surface area contributed by atoms with Crippen LogP contribution in [0, 0.1) is 5.92 Å². The van der Waals surface area contributed by atoms with Gasteiger partial charge in [0.2, 0.25) is 5.91 Å². The van der Waals surface area contributed by atoms with Crippen LogP contribution in [0.5, 0.6) is 0 Å². The van der Waals surface area contributed by atoms with Gasteiger partial charge in [-0.2, -0.15) is 0 Å². The molecule has 1 fully saturated rings. The molecule has 2 aromatic carbocycles. The minimum Gasteiger partial charge on any atom is -0.408 e. The maximum atomic E-state index is 12.8. The molecule has 6 nitrogen and oxygen atoms in total. The second-order valence-corrected chi connectivity index (χ2v) is 8.45. The summed E-state index contributed by atoms with van der Waals surface area (Å²) < 4.78 is 5.16. The van der Waals surface area contributed by atoms with Gasteiger partial charge in [0.1, 0.15) is 0 Å². The Kier molecular flexibility index (Phi) is 5.04. The lowest BCUT2D eigenvalue weighted by molar-refractivity contribution is -0.122. The average Bonchev–Trinajstić information content (AvgIpc) is 3.26. The number of rotatable bonds is 7. The number of hydrogen-bond donors (Lipinski definition) is 2. The number of hydrogen-bond acceptors (Lipinski definition) is 4. The van der Waals surface area contributed by atoms with Crippen molar-refractivity contribution in [1.29, 1.82) is 0 Å². The second-order valence-electron chi connectivity index (χ2n) is 8.45. The van der Waals surface area contributed by atoms with Gasteiger partial charge in [-0.05, 0) is 50.2 Å². The van der Waals surface area contributed by atoms with E-state index in [1.165, 1.54) is 5.56 Å². The molecule has 152 valence electrons. The molecule has 0 saturated heterocycles. The molecule has 3 aromatic rings. The van der Waals surface area contributed by atoms with Crippen LogP contribution in [0.1, 0.15) is 24.5 Å². The Bertz CT molecular complexity index is 1070. The normalized spacial score (nSPS) is 22.0. The van der Waals surface area contributed by atoms with Gasteiger partial charge in [-0.1, -0.05) is 43.3 Å². The van der Waals surface area contributed by atoms with Gasteiger partial charge >= 0.3 is 5.76 Å². The first-order chi connectivity index (χ1) is 13.9. The van der Waals surface area contributed by atoms with E-state index in [0.717, 1.165) is 18.4 Å². The molecule has 4 rings (SSSR count). The predicted molar refractivity (Wildman–Crippen MR) is 113 cm³/mol. The summed E-state index contributed by atoms with van der Waals surface area (Å²) in [6.45, 7) is 2.73. The molecule has 0 aliphatic heterocycles. The van der Waals surface area contributed by atoms with Gasteiger partial charge in [0, 0.05) is 23.9 Å². The summed E-state index contributed by atoms with van der Waals surface area (Å²) in [6.07, 6.45) is 1.64. The van der Waals surface area contributed by atoms with E-state index in [9.17, 15) is 9.59 Å². The summed E-state index contributed by atoms with van der Waals surface area (Å²) in [5.41, 5.74) is 3.49. The van der Waals surface area contributed by atoms with Crippen LogP contribution in [0.25, 0.3) is 11.1 Å². The highest BCUT2D eigenvalue weighted by molar-refractivity contribution is 5.84. The molecule has 0 radical (unpaired) electrons. The zero-order valence-electron chi connectivity index (χ0n) is 17.1. The van der Waals surface area contributed by atoms with Crippen molar-refractivity contribution in [3.63, 3.8) is 0 Å². The van der Waals surface area contributed by atoms with Crippen molar-refractivity contribution in [3.8, 4) is 0 Å². The summed E-state index contributed by atoms with van der Waals surface area (Å²) in [4.78, 5) is 28.9. The maximum Gasteiger partial charge on any atom is 0.417 e. The van der Waals surface area contributed by atoms with E-state index in [0.29, 0.717) is 17.6 Å². The van der Waals surface area contributed by atoms with E-state index >= 15 is 0 Å². The highest BCUT2D eigenvalue weighted by Crippen LogP contribution is 2.53. The lowest BCUT2D eigenvalue weighted by Gasteiger charge is -2.25. The standard InChI is InChI=1S/C23H27N3O3/c1-23(16-7-5-4-6-8-16)13-18(23)21(27)24-14-17(26(2)3)11-15-9-10-19-20(12-15)29-22(28)25-19/h4-10,12,17-18H,11,13-14H2,1-3H3,(H,24,27)(H,25,28)/t17-,18-,23?/m0/s1. The monoisotopic (exact) mass is 393 g/mol. The van der Waals surface area contributed by atoms with Gasteiger partial charge < -0.3 is 14.6 Å². The van der Waals surface area contributed by atoms with Crippen LogP contribution in [0.4, 0.5) is 0 Å². The fourth-order valence-corrected chi connectivity index (χ4v) is 4.05. The van der Waals surface area contributed by atoms with Crippen LogP contribution in [0.3, 0.4) is 0 Å². The first kappa shape index (κ1) is 19.5. The Hall–Kier alpha value is -2.86. The van der Waals surface area contributed by atoms with Gasteiger partial charge in [0.05, 0.1) is 5.52 Å². The molecule has 1 heterocycles. The minimum atomic E-state index is -0.445. The molecule has 0 spiro atoms. The molecule has 29 heavy (non-hydrogen) atoms. The summed E-state index contributed by atoms with van der Waals surface area (Å²) in [5.74, 6) is -0.298. The average molecular weight is 393 g/mol. The Balaban J connectivity index is 1.38. The smallest absolute Gasteiger partial charge is 0.408 e. The molecular weight excluding hydrogens is 366 g/mol. The summed E-state index contributed by atoms with van der Waals surface area (Å²) in [7, 11) is 4.02. The first-order valence-corrected chi connectivity index (χ1v) is 9.98. The number of aromatic nitrogens is 1. The van der Waals surface area contributed by atoms with Crippen LogP contribution < -0.4 is 11.1 Å². The maximum absolute atomic E-state index is 12.8. The highest BCUT2D eigenvalue weighted by Gasteiger charge is 2.55. The molecule has 1 aliphatic rings. The third-order valence-corrected chi connectivity index (χ3v) is 6.19. The summed E-state index contributed by atoms with van der Waals surface area (Å²) in [6, 6.07) is 16.1. The Morgan fingerprint density at radius 3 is 2.76 bits per heavy atom. The van der Waals surface area contributed by atoms with Gasteiger partial charge in [-0.3, -0.25) is 9.78 Å². The number of carbonyl (C=O) groups is 1. The number of amides is 1. The SMILES string of the molecule is CN(C)[C@H](CNC(=O)[C@@H]1CC1(C)c1ccccc1)Cc1ccc2[nH]c(=O)oc2c1. The van der Waals surface area contributed by atoms with E-state index in [4.69, 9.17) is 4.42 Å². The van der Waals surface area contributed by atoms with Crippen LogP contribution in [0.15, 0.2) is 57.7 Å². The van der Waals surface area contributed by atoms with Crippen molar-refractivity contribution in [2.75, 3.05) is 20.6 Å². The van der Waals surface area contributed by atoms with Crippen LogP contribution >= 0.6 is 0 Å². The Morgan fingerprint density at radius 2 is 2.03 bits per heavy atom. The highest BCUT2D eigenvalue weighted by atomic mass is 16.4. The van der Waals surface area contributed by atoms with Crippen LogP contribution in [-0.2, 0) is 16.6 Å². The van der Waals surface area contributed by atoms with Crippen molar-refractivity contribution >= 4 is 17.0 Å². The molecule has 1 unspecified atom stereocenters. The molecular formula is C23H27N3O3. The van der Waals surface area contributed by atoms with Gasteiger partial charge in [-0.25, -0.2) is 4.79 Å². The van der Waals surface area contributed by atoms with Gasteiger partial charge in [0.15, 0.2) is 5.58 Å². The van der Waals surface area contributed by atoms with Crippen LogP contribution in [0.2, 0.25) is 0 Å². The topological polar surface area (TPSA) is 78.3 Å². The number of H-pyrrole nitrogens is 1. The fourth-order valence-electron chi connectivity index (χ4n) is 4.05. The fraction of sp³-hybridized carbons (Fsp3) is 0.391. The van der Waals surface area contributed by atoms with E-state index in [1.807, 2.05) is 50.5 Å². The zero-order valence-corrected chi connectivity index (χ0v) is 17.1. The molecule has 0 bridgehead atoms. The molecule has 1 saturated carbocycles. The summed E-state index contributed by atoms with van der Waals surface area (Å²) in [5, 5.41) is 3.15. The lowest BCUT2D eigenvalue weighted by Crippen LogP contribution is -2.42. The number of carbonyl (C=O) groups excluding carboxylic acids is 1. The van der Waals surface area contributed by atoms with Gasteiger partial charge in [0.25, 0.3) is 0 Å². The Morgan fingerprint density at radius 1 is 1.28 bits per heavy atom. The number of fused-ring (bicyclic) bond motifs is 1. The number of likely N-dealkylation sites (N-methyl/N-ethyl adjacent to an activating group) is 1. The van der Waals surface area contributed by atoms with Crippen molar-refractivity contribution in [2.45, 2.75) is 31.2 Å². The van der Waals surface area contributed by atoms with Gasteiger partial charge in [-0.15, -0.1) is 0 Å². The molecule has 1 amide bonds. The quantitative estimate of drug-likeness (QED) is 0.647. The van der Waals surface area contributed by atoms with Crippen LogP contribution in [-0.4, -0.2) is 42.5 Å². The van der Waals surface area contributed by atoms with E-state index in [1.54, 1.807) is 0 Å². The molecule has 2 N–H and O–H groups in total. The number of nitrogens with one attached hydrogen (secondary N) is 2. The molecule has 6 heteroatoms. The Labute approximate surface area is 169 Å². The predicted octanol–water partition coefficient (Wildman–Crippen LogP) is 2.69. The number of nitrogens with zero attached hydrogens (tertiary/aromatic N) is 1. The zero-order chi connectivity index (χ0) is 20.6. The van der Waals surface area contributed by atoms with Crippen molar-refractivity contribution in [2.24, 2.45) is 5.92 Å².